The molecule has 0 bridgehead atoms. The summed E-state index contributed by atoms with van der Waals surface area (Å²) in [6.07, 6.45) is 4.35. The third-order valence-corrected chi connectivity index (χ3v) is 3.52. The second kappa shape index (κ2) is 7.90. The van der Waals surface area contributed by atoms with Gasteiger partial charge in [-0.1, -0.05) is 13.3 Å². The maximum Gasteiger partial charge on any atom is 0.251 e. The molecule has 0 radical (unpaired) electrons. The van der Waals surface area contributed by atoms with Crippen molar-refractivity contribution in [2.45, 2.75) is 38.6 Å². The summed E-state index contributed by atoms with van der Waals surface area (Å²) in [5.74, 6) is 0.827. The fourth-order valence-electron chi connectivity index (χ4n) is 2.28. The Hall–Kier alpha value is -1.55. The van der Waals surface area contributed by atoms with Gasteiger partial charge in [0.15, 0.2) is 0 Å². The molecule has 2 N–H and O–H groups in total. The van der Waals surface area contributed by atoms with Crippen LogP contribution in [0.25, 0.3) is 0 Å². The van der Waals surface area contributed by atoms with Crippen molar-refractivity contribution in [3.63, 3.8) is 0 Å². The van der Waals surface area contributed by atoms with Gasteiger partial charge in [0.2, 0.25) is 0 Å². The van der Waals surface area contributed by atoms with E-state index >= 15 is 0 Å². The normalized spacial score (nSPS) is 18.6. The lowest BCUT2D eigenvalue weighted by Gasteiger charge is -2.23. The molecular weight excluding hydrogens is 252 g/mol. The monoisotopic (exact) mass is 276 g/mol. The Balaban J connectivity index is 1.83. The Morgan fingerprint density at radius 3 is 2.85 bits per heavy atom. The van der Waals surface area contributed by atoms with E-state index in [1.54, 1.807) is 0 Å². The molecule has 1 atom stereocenters. The summed E-state index contributed by atoms with van der Waals surface area (Å²) in [4.78, 5) is 12.1. The highest BCUT2D eigenvalue weighted by molar-refractivity contribution is 5.94. The first-order valence-corrected chi connectivity index (χ1v) is 7.54. The zero-order valence-electron chi connectivity index (χ0n) is 12.2. The van der Waals surface area contributed by atoms with Crippen LogP contribution in [0.4, 0.5) is 0 Å². The van der Waals surface area contributed by atoms with Gasteiger partial charge in [0, 0.05) is 18.2 Å². The van der Waals surface area contributed by atoms with Gasteiger partial charge in [-0.3, -0.25) is 4.79 Å². The number of rotatable bonds is 6. The van der Waals surface area contributed by atoms with Crippen LogP contribution in [0.15, 0.2) is 24.3 Å². The second-order valence-corrected chi connectivity index (χ2v) is 5.24. The Kier molecular flexibility index (Phi) is 5.87. The van der Waals surface area contributed by atoms with E-state index in [1.807, 2.05) is 24.3 Å². The molecule has 1 fully saturated rings. The van der Waals surface area contributed by atoms with Crippen molar-refractivity contribution in [1.82, 2.24) is 10.6 Å². The molecule has 1 amide bonds. The van der Waals surface area contributed by atoms with Gasteiger partial charge in [-0.05, 0) is 50.1 Å². The van der Waals surface area contributed by atoms with Gasteiger partial charge in [-0.15, -0.1) is 0 Å². The van der Waals surface area contributed by atoms with Gasteiger partial charge in [-0.25, -0.2) is 0 Å². The van der Waals surface area contributed by atoms with Gasteiger partial charge in [0.25, 0.3) is 5.91 Å². The van der Waals surface area contributed by atoms with Gasteiger partial charge in [0.1, 0.15) is 5.75 Å². The summed E-state index contributed by atoms with van der Waals surface area (Å²) in [6.45, 7) is 4.78. The van der Waals surface area contributed by atoms with E-state index in [-0.39, 0.29) is 11.9 Å². The minimum Gasteiger partial charge on any atom is -0.494 e. The molecule has 1 aromatic rings. The van der Waals surface area contributed by atoms with Crippen LogP contribution < -0.4 is 15.4 Å². The minimum absolute atomic E-state index is 0.00110. The van der Waals surface area contributed by atoms with Crippen LogP contribution in [0.2, 0.25) is 0 Å². The number of hydrogen-bond acceptors (Lipinski definition) is 3. The zero-order chi connectivity index (χ0) is 14.2. The molecule has 0 unspecified atom stereocenters. The number of piperidine rings is 1. The Labute approximate surface area is 120 Å². The van der Waals surface area contributed by atoms with Crippen LogP contribution in [0.3, 0.4) is 0 Å². The van der Waals surface area contributed by atoms with Crippen LogP contribution in [-0.2, 0) is 0 Å². The summed E-state index contributed by atoms with van der Waals surface area (Å²) in [7, 11) is 0. The van der Waals surface area contributed by atoms with Gasteiger partial charge < -0.3 is 15.4 Å². The zero-order valence-corrected chi connectivity index (χ0v) is 12.2. The van der Waals surface area contributed by atoms with Crippen LogP contribution in [0.1, 0.15) is 43.0 Å². The third kappa shape index (κ3) is 4.53. The van der Waals surface area contributed by atoms with Crippen LogP contribution in [-0.4, -0.2) is 31.6 Å². The number of unbranched alkanes of at least 4 members (excludes halogenated alkanes) is 1. The molecule has 4 nitrogen and oxygen atoms in total. The number of carbonyl (C=O) groups excluding carboxylic acids is 1. The molecule has 0 spiro atoms. The molecule has 1 heterocycles. The van der Waals surface area contributed by atoms with Crippen molar-refractivity contribution < 1.29 is 9.53 Å². The summed E-state index contributed by atoms with van der Waals surface area (Å²) in [5, 5.41) is 6.36. The highest BCUT2D eigenvalue weighted by atomic mass is 16.5. The number of nitrogens with one attached hydrogen (secondary N) is 2. The predicted molar refractivity (Wildman–Crippen MR) is 80.2 cm³/mol. The van der Waals surface area contributed by atoms with E-state index < -0.39 is 0 Å². The predicted octanol–water partition coefficient (Wildman–Crippen LogP) is 2.35. The molecule has 110 valence electrons. The quantitative estimate of drug-likeness (QED) is 0.784. The van der Waals surface area contributed by atoms with Crippen molar-refractivity contribution in [3.05, 3.63) is 29.8 Å². The number of carbonyl (C=O) groups is 1. The van der Waals surface area contributed by atoms with Crippen LogP contribution in [0.5, 0.6) is 5.75 Å². The highest BCUT2D eigenvalue weighted by Gasteiger charge is 2.16. The smallest absolute Gasteiger partial charge is 0.251 e. The average molecular weight is 276 g/mol. The number of hydrogen-bond donors (Lipinski definition) is 2. The molecule has 1 aliphatic rings. The van der Waals surface area contributed by atoms with E-state index in [0.717, 1.165) is 51.1 Å². The molecular formula is C16H24N2O2. The standard InChI is InChI=1S/C16H24N2O2/c1-2-3-11-20-15-8-6-13(7-9-15)16(19)18-14-5-4-10-17-12-14/h6-9,14,17H,2-5,10-12H2,1H3,(H,18,19)/t14-/m0/s1. The van der Waals surface area contributed by atoms with Crippen molar-refractivity contribution in [2.75, 3.05) is 19.7 Å². The maximum absolute atomic E-state index is 12.1. The Bertz CT molecular complexity index is 411. The lowest BCUT2D eigenvalue weighted by molar-refractivity contribution is 0.0930. The molecule has 1 aromatic carbocycles. The minimum atomic E-state index is -0.00110. The SMILES string of the molecule is CCCCOc1ccc(C(=O)N[C@H]2CCCNC2)cc1. The molecule has 2 rings (SSSR count). The van der Waals surface area contributed by atoms with Crippen molar-refractivity contribution in [2.24, 2.45) is 0 Å². The molecule has 0 saturated carbocycles. The lowest BCUT2D eigenvalue weighted by Crippen LogP contribution is -2.45. The summed E-state index contributed by atoms with van der Waals surface area (Å²) >= 11 is 0. The van der Waals surface area contributed by atoms with E-state index in [1.165, 1.54) is 0 Å². The first-order valence-electron chi connectivity index (χ1n) is 7.54. The topological polar surface area (TPSA) is 50.4 Å². The molecule has 0 aromatic heterocycles. The largest absolute Gasteiger partial charge is 0.494 e. The first-order chi connectivity index (χ1) is 9.79. The molecule has 0 aliphatic carbocycles. The number of ether oxygens (including phenoxy) is 1. The van der Waals surface area contributed by atoms with E-state index in [2.05, 4.69) is 17.6 Å². The highest BCUT2D eigenvalue weighted by Crippen LogP contribution is 2.13. The average Bonchev–Trinajstić information content (AvgIpc) is 2.49. The fourth-order valence-corrected chi connectivity index (χ4v) is 2.28. The van der Waals surface area contributed by atoms with Gasteiger partial charge in [-0.2, -0.15) is 0 Å². The molecule has 1 saturated heterocycles. The van der Waals surface area contributed by atoms with E-state index in [9.17, 15) is 4.79 Å². The van der Waals surface area contributed by atoms with Crippen LogP contribution in [0, 0.1) is 0 Å². The van der Waals surface area contributed by atoms with Crippen molar-refractivity contribution in [3.8, 4) is 5.75 Å². The molecule has 20 heavy (non-hydrogen) atoms. The summed E-state index contributed by atoms with van der Waals surface area (Å²) in [6, 6.07) is 7.63. The number of amides is 1. The third-order valence-electron chi connectivity index (χ3n) is 3.52. The Morgan fingerprint density at radius 2 is 2.20 bits per heavy atom. The van der Waals surface area contributed by atoms with Gasteiger partial charge in [0.05, 0.1) is 6.61 Å². The van der Waals surface area contributed by atoms with Crippen molar-refractivity contribution >= 4 is 5.91 Å². The number of benzene rings is 1. The maximum atomic E-state index is 12.1. The van der Waals surface area contributed by atoms with Gasteiger partial charge >= 0.3 is 0 Å². The lowest BCUT2D eigenvalue weighted by atomic mass is 10.1. The second-order valence-electron chi connectivity index (χ2n) is 5.24. The Morgan fingerprint density at radius 1 is 1.40 bits per heavy atom. The van der Waals surface area contributed by atoms with Crippen LogP contribution >= 0.6 is 0 Å². The molecule has 4 heteroatoms. The fraction of sp³-hybridized carbons (Fsp3) is 0.562. The van der Waals surface area contributed by atoms with Crippen molar-refractivity contribution in [1.29, 1.82) is 0 Å². The van der Waals surface area contributed by atoms with E-state index in [4.69, 9.17) is 4.74 Å². The summed E-state index contributed by atoms with van der Waals surface area (Å²) in [5.41, 5.74) is 0.693. The first kappa shape index (κ1) is 14.9. The summed E-state index contributed by atoms with van der Waals surface area (Å²) < 4.78 is 5.59. The van der Waals surface area contributed by atoms with E-state index in [0.29, 0.717) is 5.56 Å². The molecule has 1 aliphatic heterocycles.